The van der Waals surface area contributed by atoms with Crippen molar-refractivity contribution in [3.8, 4) is 0 Å². The molecule has 0 heterocycles. The van der Waals surface area contributed by atoms with Gasteiger partial charge in [-0.05, 0) is 51.6 Å². The molecule has 3 N–H and O–H groups in total. The molecule has 0 amide bonds. The molecule has 0 radical (unpaired) electrons. The van der Waals surface area contributed by atoms with Crippen LogP contribution in [-0.4, -0.2) is 34.5 Å². The van der Waals surface area contributed by atoms with E-state index in [2.05, 4.69) is 11.4 Å². The van der Waals surface area contributed by atoms with E-state index in [1.165, 1.54) is 25.7 Å². The molecule has 1 saturated carbocycles. The van der Waals surface area contributed by atoms with E-state index in [0.29, 0.717) is 11.5 Å². The number of hydrogen-bond donors (Lipinski definition) is 3. The first-order chi connectivity index (χ1) is 10.7. The van der Waals surface area contributed by atoms with Gasteiger partial charge in [0.15, 0.2) is 0 Å². The Morgan fingerprint density at radius 1 is 1.22 bits per heavy atom. The highest BCUT2D eigenvalue weighted by Crippen LogP contribution is 2.25. The Bertz CT molecular complexity index is 507. The fourth-order valence-electron chi connectivity index (χ4n) is 2.74. The van der Waals surface area contributed by atoms with Crippen LogP contribution in [0.25, 0.3) is 0 Å². The lowest BCUT2D eigenvalue weighted by Gasteiger charge is -2.38. The van der Waals surface area contributed by atoms with Gasteiger partial charge >= 0.3 is 7.12 Å². The Morgan fingerprint density at radius 3 is 2.48 bits per heavy atom. The highest BCUT2D eigenvalue weighted by atomic mass is 16.5. The van der Waals surface area contributed by atoms with Crippen LogP contribution in [0.3, 0.4) is 0 Å². The summed E-state index contributed by atoms with van der Waals surface area (Å²) in [6, 6.07) is 8.43. The van der Waals surface area contributed by atoms with Crippen LogP contribution in [0.1, 0.15) is 58.9 Å². The summed E-state index contributed by atoms with van der Waals surface area (Å²) in [4.78, 5) is 0. The standard InChI is InChI=1S/C18H30BNO3/c1-17(2,21)18(3,4)23-19(22)15-9-7-8-14(12-15)13-20-16-10-5-6-11-16/h7-9,12,16,20-22H,5-6,10-11,13H2,1-4H3. The van der Waals surface area contributed by atoms with Crippen LogP contribution in [0.5, 0.6) is 0 Å². The molecule has 23 heavy (non-hydrogen) atoms. The van der Waals surface area contributed by atoms with Crippen molar-refractivity contribution < 1.29 is 14.8 Å². The van der Waals surface area contributed by atoms with Crippen LogP contribution in [0, 0.1) is 0 Å². The van der Waals surface area contributed by atoms with Crippen molar-refractivity contribution >= 4 is 12.6 Å². The molecule has 0 unspecified atom stereocenters. The number of rotatable bonds is 7. The predicted octanol–water partition coefficient (Wildman–Crippen LogP) is 1.97. The van der Waals surface area contributed by atoms with E-state index in [0.717, 1.165) is 12.1 Å². The van der Waals surface area contributed by atoms with E-state index < -0.39 is 18.3 Å². The molecule has 5 heteroatoms. The summed E-state index contributed by atoms with van der Waals surface area (Å²) < 4.78 is 5.71. The fourth-order valence-corrected chi connectivity index (χ4v) is 2.74. The normalized spacial score (nSPS) is 16.8. The number of aliphatic hydroxyl groups is 1. The summed E-state index contributed by atoms with van der Waals surface area (Å²) in [5.74, 6) is 0. The maximum atomic E-state index is 10.4. The Morgan fingerprint density at radius 2 is 1.87 bits per heavy atom. The second kappa shape index (κ2) is 7.35. The zero-order valence-corrected chi connectivity index (χ0v) is 14.8. The zero-order chi connectivity index (χ0) is 17.1. The summed E-state index contributed by atoms with van der Waals surface area (Å²) in [5, 5.41) is 24.1. The van der Waals surface area contributed by atoms with Gasteiger partial charge in [0.25, 0.3) is 0 Å². The van der Waals surface area contributed by atoms with E-state index in [4.69, 9.17) is 4.65 Å². The van der Waals surface area contributed by atoms with Gasteiger partial charge in [-0.25, -0.2) is 0 Å². The Labute approximate surface area is 140 Å². The van der Waals surface area contributed by atoms with Gasteiger partial charge in [0.1, 0.15) is 0 Å². The molecule has 4 nitrogen and oxygen atoms in total. The molecular weight excluding hydrogens is 289 g/mol. The smallest absolute Gasteiger partial charge is 0.423 e. The minimum absolute atomic E-state index is 0.619. The molecular formula is C18H30BNO3. The molecule has 0 bridgehead atoms. The number of nitrogens with one attached hydrogen (secondary N) is 1. The van der Waals surface area contributed by atoms with Crippen molar-refractivity contribution in [1.82, 2.24) is 5.32 Å². The first-order valence-electron chi connectivity index (χ1n) is 8.59. The van der Waals surface area contributed by atoms with Crippen molar-refractivity contribution in [2.45, 2.75) is 77.2 Å². The monoisotopic (exact) mass is 319 g/mol. The van der Waals surface area contributed by atoms with Crippen LogP contribution in [0.15, 0.2) is 24.3 Å². The lowest BCUT2D eigenvalue weighted by Crippen LogP contribution is -2.53. The van der Waals surface area contributed by atoms with E-state index in [1.807, 2.05) is 18.2 Å². The first-order valence-corrected chi connectivity index (χ1v) is 8.59. The quantitative estimate of drug-likeness (QED) is 0.673. The average molecular weight is 319 g/mol. The molecule has 2 rings (SSSR count). The molecule has 1 aromatic rings. The number of hydrogen-bond acceptors (Lipinski definition) is 4. The van der Waals surface area contributed by atoms with Crippen molar-refractivity contribution in [2.24, 2.45) is 0 Å². The van der Waals surface area contributed by atoms with Crippen LogP contribution < -0.4 is 10.8 Å². The van der Waals surface area contributed by atoms with Gasteiger partial charge < -0.3 is 20.1 Å². The van der Waals surface area contributed by atoms with Gasteiger partial charge in [0, 0.05) is 12.6 Å². The van der Waals surface area contributed by atoms with E-state index >= 15 is 0 Å². The van der Waals surface area contributed by atoms with Gasteiger partial charge in [0.05, 0.1) is 11.2 Å². The molecule has 1 aliphatic carbocycles. The maximum absolute atomic E-state index is 10.4. The maximum Gasteiger partial charge on any atom is 0.491 e. The van der Waals surface area contributed by atoms with E-state index in [9.17, 15) is 10.1 Å². The SMILES string of the molecule is CC(C)(O)C(C)(C)OB(O)c1cccc(CNC2CCCC2)c1. The molecule has 1 fully saturated rings. The van der Waals surface area contributed by atoms with Gasteiger partial charge in [-0.1, -0.05) is 37.1 Å². The number of benzene rings is 1. The highest BCUT2D eigenvalue weighted by molar-refractivity contribution is 6.60. The van der Waals surface area contributed by atoms with Gasteiger partial charge in [-0.2, -0.15) is 0 Å². The summed E-state index contributed by atoms with van der Waals surface area (Å²) in [6.07, 6.45) is 5.14. The Balaban J connectivity index is 1.97. The van der Waals surface area contributed by atoms with Crippen molar-refractivity contribution in [1.29, 1.82) is 0 Å². The van der Waals surface area contributed by atoms with Crippen LogP contribution >= 0.6 is 0 Å². The van der Waals surface area contributed by atoms with E-state index in [-0.39, 0.29) is 0 Å². The highest BCUT2D eigenvalue weighted by Gasteiger charge is 2.39. The fraction of sp³-hybridized carbons (Fsp3) is 0.667. The third-order valence-electron chi connectivity index (χ3n) is 5.07. The third kappa shape index (κ3) is 5.05. The van der Waals surface area contributed by atoms with Crippen LogP contribution in [0.2, 0.25) is 0 Å². The summed E-state index contributed by atoms with van der Waals surface area (Å²) in [7, 11) is -1.05. The Hall–Kier alpha value is -0.875. The van der Waals surface area contributed by atoms with Crippen LogP contribution in [-0.2, 0) is 11.2 Å². The summed E-state index contributed by atoms with van der Waals surface area (Å²) in [5.41, 5.74) is -0.0497. The largest absolute Gasteiger partial charge is 0.491 e. The molecule has 0 aromatic heterocycles. The summed E-state index contributed by atoms with van der Waals surface area (Å²) >= 11 is 0. The first kappa shape index (κ1) is 18.5. The molecule has 0 spiro atoms. The lowest BCUT2D eigenvalue weighted by atomic mass is 9.76. The Kier molecular flexibility index (Phi) is 5.90. The molecule has 0 aliphatic heterocycles. The van der Waals surface area contributed by atoms with Gasteiger partial charge in [-0.15, -0.1) is 0 Å². The second-order valence-corrected chi connectivity index (χ2v) is 7.65. The van der Waals surface area contributed by atoms with Gasteiger partial charge in [0.2, 0.25) is 0 Å². The molecule has 128 valence electrons. The van der Waals surface area contributed by atoms with Gasteiger partial charge in [-0.3, -0.25) is 0 Å². The van der Waals surface area contributed by atoms with Crippen LogP contribution in [0.4, 0.5) is 0 Å². The summed E-state index contributed by atoms with van der Waals surface area (Å²) in [6.45, 7) is 7.73. The lowest BCUT2D eigenvalue weighted by molar-refractivity contribution is -0.0982. The predicted molar refractivity (Wildman–Crippen MR) is 94.6 cm³/mol. The van der Waals surface area contributed by atoms with Crippen molar-refractivity contribution in [3.05, 3.63) is 29.8 Å². The zero-order valence-electron chi connectivity index (χ0n) is 14.8. The van der Waals surface area contributed by atoms with Crippen molar-refractivity contribution in [3.63, 3.8) is 0 Å². The molecule has 0 saturated heterocycles. The van der Waals surface area contributed by atoms with Crippen molar-refractivity contribution in [2.75, 3.05) is 0 Å². The topological polar surface area (TPSA) is 61.7 Å². The second-order valence-electron chi connectivity index (χ2n) is 7.65. The average Bonchev–Trinajstić information content (AvgIpc) is 2.97. The third-order valence-corrected chi connectivity index (χ3v) is 5.07. The molecule has 0 atom stereocenters. The van der Waals surface area contributed by atoms with E-state index in [1.54, 1.807) is 27.7 Å². The molecule has 1 aliphatic rings. The minimum Gasteiger partial charge on any atom is -0.423 e. The molecule has 1 aromatic carbocycles. The minimum atomic E-state index is -1.05.